The first kappa shape index (κ1) is 12.0. The van der Waals surface area contributed by atoms with E-state index in [0.29, 0.717) is 0 Å². The number of hydrogen-bond donors (Lipinski definition) is 3. The second-order valence-corrected chi connectivity index (χ2v) is 6.20. The Balaban J connectivity index is 2.11. The van der Waals surface area contributed by atoms with Crippen molar-refractivity contribution in [3.05, 3.63) is 17.5 Å². The molecule has 2 aromatic rings. The highest BCUT2D eigenvalue weighted by Gasteiger charge is 2.19. The van der Waals surface area contributed by atoms with Crippen LogP contribution in [0.5, 0.6) is 0 Å². The Morgan fingerprint density at radius 2 is 2.29 bits per heavy atom. The number of hydrogen-bond acceptors (Lipinski definition) is 7. The number of rotatable bonds is 4. The van der Waals surface area contributed by atoms with E-state index in [4.69, 9.17) is 5.73 Å². The van der Waals surface area contributed by atoms with Gasteiger partial charge in [0, 0.05) is 17.8 Å². The van der Waals surface area contributed by atoms with Crippen LogP contribution in [-0.2, 0) is 16.6 Å². The molecular formula is C7H10N6O2S2. The third-order valence-electron chi connectivity index (χ3n) is 2.04. The lowest BCUT2D eigenvalue weighted by atomic mass is 10.3. The predicted molar refractivity (Wildman–Crippen MR) is 61.7 cm³/mol. The summed E-state index contributed by atoms with van der Waals surface area (Å²) < 4.78 is 25.8. The highest BCUT2D eigenvalue weighted by Crippen LogP contribution is 2.16. The molecule has 10 heteroatoms. The molecule has 92 valence electrons. The van der Waals surface area contributed by atoms with E-state index in [1.807, 2.05) is 0 Å². The van der Waals surface area contributed by atoms with Crippen molar-refractivity contribution < 1.29 is 8.42 Å². The van der Waals surface area contributed by atoms with Crippen LogP contribution in [0.15, 0.2) is 10.5 Å². The van der Waals surface area contributed by atoms with Crippen molar-refractivity contribution in [1.82, 2.24) is 25.1 Å². The lowest BCUT2D eigenvalue weighted by Crippen LogP contribution is -2.23. The second-order valence-electron chi connectivity index (χ2n) is 3.25. The van der Waals surface area contributed by atoms with Crippen molar-refractivity contribution >= 4 is 26.5 Å². The van der Waals surface area contributed by atoms with Crippen LogP contribution >= 0.6 is 11.3 Å². The summed E-state index contributed by atoms with van der Waals surface area (Å²) in [6, 6.07) is 0. The lowest BCUT2D eigenvalue weighted by molar-refractivity contribution is 0.579. The van der Waals surface area contributed by atoms with Crippen molar-refractivity contribution in [1.29, 1.82) is 0 Å². The molecule has 17 heavy (non-hydrogen) atoms. The molecule has 0 radical (unpaired) electrons. The van der Waals surface area contributed by atoms with Crippen molar-refractivity contribution in [2.45, 2.75) is 17.8 Å². The lowest BCUT2D eigenvalue weighted by Gasteiger charge is -2.01. The Morgan fingerprint density at radius 3 is 2.82 bits per heavy atom. The van der Waals surface area contributed by atoms with Gasteiger partial charge in [0.15, 0.2) is 0 Å². The molecule has 0 saturated heterocycles. The molecule has 8 nitrogen and oxygen atoms in total. The van der Waals surface area contributed by atoms with Gasteiger partial charge in [-0.1, -0.05) is 11.3 Å². The predicted octanol–water partition coefficient (Wildman–Crippen LogP) is -0.370. The maximum absolute atomic E-state index is 11.8. The third kappa shape index (κ3) is 2.60. The Labute approximate surface area is 101 Å². The number of anilines is 1. The molecular weight excluding hydrogens is 264 g/mol. The smallest absolute Gasteiger partial charge is 0.270 e. The Hall–Kier alpha value is -1.52. The van der Waals surface area contributed by atoms with Crippen molar-refractivity contribution in [2.24, 2.45) is 0 Å². The van der Waals surface area contributed by atoms with Gasteiger partial charge in [-0.3, -0.25) is 5.10 Å². The molecule has 2 rings (SSSR count). The maximum atomic E-state index is 11.8. The third-order valence-corrected chi connectivity index (χ3v) is 4.56. The zero-order chi connectivity index (χ0) is 12.5. The fraction of sp³-hybridized carbons (Fsp3) is 0.286. The zero-order valence-electron chi connectivity index (χ0n) is 8.84. The minimum absolute atomic E-state index is 0.116. The molecule has 4 N–H and O–H groups in total. The molecule has 0 aliphatic rings. The quantitative estimate of drug-likeness (QED) is 0.698. The average molecular weight is 274 g/mol. The van der Waals surface area contributed by atoms with Gasteiger partial charge >= 0.3 is 0 Å². The number of sulfonamides is 1. The molecule has 0 atom stereocenters. The molecule has 2 heterocycles. The van der Waals surface area contributed by atoms with Crippen LogP contribution in [-0.4, -0.2) is 28.8 Å². The SMILES string of the molecule is Cc1[nH]ncc1CNS(=O)(=O)c1nnc(N)s1. The molecule has 0 aromatic carbocycles. The standard InChI is InChI=1S/C7H10N6O2S2/c1-4-5(2-9-11-4)3-10-17(14,15)7-13-12-6(8)16-7/h2,10H,3H2,1H3,(H2,8,12)(H,9,11). The molecule has 2 aromatic heterocycles. The van der Waals surface area contributed by atoms with Gasteiger partial charge in [0.2, 0.25) is 9.47 Å². The van der Waals surface area contributed by atoms with Crippen LogP contribution in [0.2, 0.25) is 0 Å². The number of aryl methyl sites for hydroxylation is 1. The summed E-state index contributed by atoms with van der Waals surface area (Å²) in [5, 5.41) is 13.6. The van der Waals surface area contributed by atoms with Gasteiger partial charge in [-0.2, -0.15) is 5.10 Å². The summed E-state index contributed by atoms with van der Waals surface area (Å²) in [7, 11) is -3.66. The van der Waals surface area contributed by atoms with E-state index in [9.17, 15) is 8.42 Å². The van der Waals surface area contributed by atoms with E-state index < -0.39 is 10.0 Å². The van der Waals surface area contributed by atoms with E-state index >= 15 is 0 Å². The monoisotopic (exact) mass is 274 g/mol. The van der Waals surface area contributed by atoms with Crippen molar-refractivity contribution in [3.8, 4) is 0 Å². The minimum atomic E-state index is -3.66. The maximum Gasteiger partial charge on any atom is 0.270 e. The van der Waals surface area contributed by atoms with Gasteiger partial charge in [0.1, 0.15) is 0 Å². The summed E-state index contributed by atoms with van der Waals surface area (Å²) in [6.07, 6.45) is 1.56. The van der Waals surface area contributed by atoms with Crippen LogP contribution in [0.4, 0.5) is 5.13 Å². The Morgan fingerprint density at radius 1 is 1.53 bits per heavy atom. The first-order valence-electron chi connectivity index (χ1n) is 4.56. The first-order chi connectivity index (χ1) is 7.99. The van der Waals surface area contributed by atoms with Crippen LogP contribution in [0.1, 0.15) is 11.3 Å². The first-order valence-corrected chi connectivity index (χ1v) is 6.86. The second kappa shape index (κ2) is 4.39. The summed E-state index contributed by atoms with van der Waals surface area (Å²) in [6.45, 7) is 1.95. The summed E-state index contributed by atoms with van der Waals surface area (Å²) >= 11 is 0.818. The van der Waals surface area contributed by atoms with Gasteiger partial charge in [-0.15, -0.1) is 10.2 Å². The van der Waals surface area contributed by atoms with E-state index in [2.05, 4.69) is 25.1 Å². The summed E-state index contributed by atoms with van der Waals surface area (Å²) in [5.74, 6) is 0. The molecule has 0 aliphatic heterocycles. The number of nitrogens with one attached hydrogen (secondary N) is 2. The molecule has 0 bridgehead atoms. The number of nitrogens with two attached hydrogens (primary N) is 1. The molecule has 0 spiro atoms. The highest BCUT2D eigenvalue weighted by molar-refractivity contribution is 7.91. The number of aromatic amines is 1. The molecule has 0 fully saturated rings. The fourth-order valence-electron chi connectivity index (χ4n) is 1.12. The van der Waals surface area contributed by atoms with Gasteiger partial charge in [0.05, 0.1) is 6.20 Å². The number of H-pyrrole nitrogens is 1. The van der Waals surface area contributed by atoms with Gasteiger partial charge in [-0.25, -0.2) is 13.1 Å². The molecule has 0 amide bonds. The zero-order valence-corrected chi connectivity index (χ0v) is 10.5. The average Bonchev–Trinajstić information content (AvgIpc) is 2.85. The minimum Gasteiger partial charge on any atom is -0.374 e. The van der Waals surface area contributed by atoms with Crippen LogP contribution in [0.3, 0.4) is 0 Å². The van der Waals surface area contributed by atoms with Crippen LogP contribution < -0.4 is 10.5 Å². The Kier molecular flexibility index (Phi) is 3.09. The number of nitrogen functional groups attached to an aromatic ring is 1. The largest absolute Gasteiger partial charge is 0.374 e. The van der Waals surface area contributed by atoms with E-state index in [-0.39, 0.29) is 16.0 Å². The van der Waals surface area contributed by atoms with Crippen LogP contribution in [0, 0.1) is 6.92 Å². The molecule has 0 aliphatic carbocycles. The van der Waals surface area contributed by atoms with Gasteiger partial charge in [-0.05, 0) is 6.92 Å². The van der Waals surface area contributed by atoms with Crippen molar-refractivity contribution in [2.75, 3.05) is 5.73 Å². The molecule has 0 unspecified atom stereocenters. The topological polar surface area (TPSA) is 127 Å². The van der Waals surface area contributed by atoms with E-state index in [1.165, 1.54) is 0 Å². The van der Waals surface area contributed by atoms with E-state index in [1.54, 1.807) is 13.1 Å². The van der Waals surface area contributed by atoms with Crippen molar-refractivity contribution in [3.63, 3.8) is 0 Å². The van der Waals surface area contributed by atoms with E-state index in [0.717, 1.165) is 22.6 Å². The van der Waals surface area contributed by atoms with Gasteiger partial charge < -0.3 is 5.73 Å². The fourth-order valence-corrected chi connectivity index (χ4v) is 2.95. The van der Waals surface area contributed by atoms with Crippen LogP contribution in [0.25, 0.3) is 0 Å². The van der Waals surface area contributed by atoms with Gasteiger partial charge in [0.25, 0.3) is 10.0 Å². The Bertz CT molecular complexity index is 616. The highest BCUT2D eigenvalue weighted by atomic mass is 32.2. The normalized spacial score (nSPS) is 11.8. The summed E-state index contributed by atoms with van der Waals surface area (Å²) in [5.41, 5.74) is 6.91. The number of aromatic nitrogens is 4. The summed E-state index contributed by atoms with van der Waals surface area (Å²) in [4.78, 5) is 0. The number of nitrogens with zero attached hydrogens (tertiary/aromatic N) is 3. The molecule has 0 saturated carbocycles.